The monoisotopic (exact) mass is 341 g/mol. The number of halogens is 1. The lowest BCUT2D eigenvalue weighted by atomic mass is 10.0. The van der Waals surface area contributed by atoms with Crippen molar-refractivity contribution in [2.45, 2.75) is 20.3 Å². The first-order valence-electron chi connectivity index (χ1n) is 8.19. The Labute approximate surface area is 145 Å². The van der Waals surface area contributed by atoms with Gasteiger partial charge >= 0.3 is 0 Å². The van der Waals surface area contributed by atoms with Gasteiger partial charge in [0.15, 0.2) is 0 Å². The van der Waals surface area contributed by atoms with Crippen LogP contribution in [0.1, 0.15) is 19.0 Å². The molecule has 0 spiro atoms. The number of H-pyrrole nitrogens is 1. The highest BCUT2D eigenvalue weighted by Gasteiger charge is 2.17. The van der Waals surface area contributed by atoms with E-state index < -0.39 is 5.82 Å². The molecule has 4 nitrogen and oxygen atoms in total. The Morgan fingerprint density at radius 1 is 1.12 bits per heavy atom. The molecule has 0 amide bonds. The number of pyridine rings is 1. The van der Waals surface area contributed by atoms with Gasteiger partial charge in [-0.15, -0.1) is 0 Å². The molecular formula is C20H20FNO3. The van der Waals surface area contributed by atoms with E-state index >= 15 is 0 Å². The van der Waals surface area contributed by atoms with E-state index in [4.69, 9.17) is 9.47 Å². The second-order valence-corrected chi connectivity index (χ2v) is 5.83. The van der Waals surface area contributed by atoms with Gasteiger partial charge in [-0.05, 0) is 43.2 Å². The summed E-state index contributed by atoms with van der Waals surface area (Å²) in [7, 11) is 1.58. The molecule has 0 unspecified atom stereocenters. The standard InChI is InChI=1S/C20H20FNO3/c1-4-11-25-16-10-9-15(21)18-19(16)22-12(2)17(20(18)23)13-5-7-14(24-3)8-6-13/h5-10H,4,11H2,1-3H3,(H,22,23). The maximum Gasteiger partial charge on any atom is 0.200 e. The van der Waals surface area contributed by atoms with Crippen molar-refractivity contribution in [1.29, 1.82) is 0 Å². The summed E-state index contributed by atoms with van der Waals surface area (Å²) in [6.07, 6.45) is 0.825. The fourth-order valence-corrected chi connectivity index (χ4v) is 2.89. The third-order valence-electron chi connectivity index (χ3n) is 4.10. The highest BCUT2D eigenvalue weighted by atomic mass is 19.1. The molecule has 0 atom stereocenters. The number of rotatable bonds is 5. The van der Waals surface area contributed by atoms with Crippen molar-refractivity contribution >= 4 is 10.9 Å². The lowest BCUT2D eigenvalue weighted by Gasteiger charge is -2.13. The number of benzene rings is 2. The number of aromatic nitrogens is 1. The number of aryl methyl sites for hydroxylation is 1. The number of hydrogen-bond acceptors (Lipinski definition) is 3. The molecule has 2 aromatic carbocycles. The molecule has 0 aliphatic rings. The third-order valence-corrected chi connectivity index (χ3v) is 4.10. The summed E-state index contributed by atoms with van der Waals surface area (Å²) in [4.78, 5) is 16.2. The Morgan fingerprint density at radius 2 is 1.84 bits per heavy atom. The van der Waals surface area contributed by atoms with Gasteiger partial charge in [0.1, 0.15) is 17.3 Å². The first-order valence-corrected chi connectivity index (χ1v) is 8.19. The first kappa shape index (κ1) is 17.0. The molecule has 0 aliphatic carbocycles. The number of hydrogen-bond donors (Lipinski definition) is 1. The van der Waals surface area contributed by atoms with Crippen molar-refractivity contribution in [3.63, 3.8) is 0 Å². The molecule has 0 bridgehead atoms. The average Bonchev–Trinajstić information content (AvgIpc) is 2.61. The summed E-state index contributed by atoms with van der Waals surface area (Å²) in [6, 6.07) is 9.95. The zero-order valence-corrected chi connectivity index (χ0v) is 14.5. The van der Waals surface area contributed by atoms with Gasteiger partial charge in [0.2, 0.25) is 5.43 Å². The number of ether oxygens (including phenoxy) is 2. The normalized spacial score (nSPS) is 10.9. The summed E-state index contributed by atoms with van der Waals surface area (Å²) in [6.45, 7) is 4.29. The number of nitrogens with one attached hydrogen (secondary N) is 1. The maximum atomic E-state index is 14.4. The molecule has 0 saturated carbocycles. The maximum absolute atomic E-state index is 14.4. The van der Waals surface area contributed by atoms with Gasteiger partial charge in [-0.3, -0.25) is 4.79 Å². The van der Waals surface area contributed by atoms with E-state index in [1.165, 1.54) is 6.07 Å². The number of fused-ring (bicyclic) bond motifs is 1. The second kappa shape index (κ2) is 6.97. The fraction of sp³-hybridized carbons (Fsp3) is 0.250. The van der Waals surface area contributed by atoms with Gasteiger partial charge in [-0.25, -0.2) is 4.39 Å². The van der Waals surface area contributed by atoms with Crippen molar-refractivity contribution in [2.75, 3.05) is 13.7 Å². The molecule has 0 aliphatic heterocycles. The predicted octanol–water partition coefficient (Wildman–Crippen LogP) is 4.44. The Morgan fingerprint density at radius 3 is 2.48 bits per heavy atom. The smallest absolute Gasteiger partial charge is 0.200 e. The molecule has 3 rings (SSSR count). The molecular weight excluding hydrogens is 321 g/mol. The van der Waals surface area contributed by atoms with E-state index in [0.29, 0.717) is 40.4 Å². The summed E-state index contributed by atoms with van der Waals surface area (Å²) >= 11 is 0. The quantitative estimate of drug-likeness (QED) is 0.746. The molecule has 0 saturated heterocycles. The largest absolute Gasteiger partial charge is 0.497 e. The highest BCUT2D eigenvalue weighted by molar-refractivity contribution is 5.89. The molecule has 0 fully saturated rings. The minimum Gasteiger partial charge on any atom is -0.497 e. The molecule has 1 aromatic heterocycles. The first-order chi connectivity index (χ1) is 12.1. The summed E-state index contributed by atoms with van der Waals surface area (Å²) in [5.41, 5.74) is 1.86. The Balaban J connectivity index is 2.24. The van der Waals surface area contributed by atoms with Gasteiger partial charge in [0.05, 0.1) is 24.6 Å². The van der Waals surface area contributed by atoms with Crippen LogP contribution < -0.4 is 14.9 Å². The van der Waals surface area contributed by atoms with Gasteiger partial charge in [-0.1, -0.05) is 19.1 Å². The summed E-state index contributed by atoms with van der Waals surface area (Å²) < 4.78 is 25.2. The van der Waals surface area contributed by atoms with E-state index in [-0.39, 0.29) is 10.8 Å². The van der Waals surface area contributed by atoms with Crippen LogP contribution in [0.25, 0.3) is 22.0 Å². The second-order valence-electron chi connectivity index (χ2n) is 5.83. The van der Waals surface area contributed by atoms with Gasteiger partial charge < -0.3 is 14.5 Å². The predicted molar refractivity (Wildman–Crippen MR) is 97.0 cm³/mol. The van der Waals surface area contributed by atoms with E-state index in [0.717, 1.165) is 6.42 Å². The third kappa shape index (κ3) is 3.09. The van der Waals surface area contributed by atoms with Gasteiger partial charge in [-0.2, -0.15) is 0 Å². The van der Waals surface area contributed by atoms with Crippen LogP contribution in [0.5, 0.6) is 11.5 Å². The topological polar surface area (TPSA) is 51.3 Å². The van der Waals surface area contributed by atoms with Crippen LogP contribution in [0.2, 0.25) is 0 Å². The molecule has 5 heteroatoms. The molecule has 0 radical (unpaired) electrons. The minimum absolute atomic E-state index is 0.0185. The van der Waals surface area contributed by atoms with Crippen molar-refractivity contribution < 1.29 is 13.9 Å². The van der Waals surface area contributed by atoms with Crippen molar-refractivity contribution in [1.82, 2.24) is 4.98 Å². The van der Waals surface area contributed by atoms with Crippen molar-refractivity contribution in [3.05, 3.63) is 58.1 Å². The van der Waals surface area contributed by atoms with E-state index in [9.17, 15) is 9.18 Å². The van der Waals surface area contributed by atoms with Crippen molar-refractivity contribution in [3.8, 4) is 22.6 Å². The van der Waals surface area contributed by atoms with Crippen LogP contribution in [0, 0.1) is 12.7 Å². The van der Waals surface area contributed by atoms with Crippen LogP contribution in [0.15, 0.2) is 41.2 Å². The van der Waals surface area contributed by atoms with Crippen LogP contribution in [-0.2, 0) is 0 Å². The van der Waals surface area contributed by atoms with Gasteiger partial charge in [0, 0.05) is 11.3 Å². The van der Waals surface area contributed by atoms with Crippen LogP contribution >= 0.6 is 0 Å². The lowest BCUT2D eigenvalue weighted by molar-refractivity contribution is 0.320. The molecule has 25 heavy (non-hydrogen) atoms. The van der Waals surface area contributed by atoms with E-state index in [1.807, 2.05) is 6.92 Å². The Kier molecular flexibility index (Phi) is 4.74. The van der Waals surface area contributed by atoms with E-state index in [1.54, 1.807) is 44.4 Å². The zero-order valence-electron chi connectivity index (χ0n) is 14.5. The lowest BCUT2D eigenvalue weighted by Crippen LogP contribution is -2.12. The average molecular weight is 341 g/mol. The molecule has 1 N–H and O–H groups in total. The minimum atomic E-state index is -0.560. The molecule has 1 heterocycles. The Bertz CT molecular complexity index is 961. The zero-order chi connectivity index (χ0) is 18.0. The Hall–Kier alpha value is -2.82. The van der Waals surface area contributed by atoms with Crippen LogP contribution in [-0.4, -0.2) is 18.7 Å². The van der Waals surface area contributed by atoms with Crippen LogP contribution in [0.3, 0.4) is 0 Å². The van der Waals surface area contributed by atoms with Crippen molar-refractivity contribution in [2.24, 2.45) is 0 Å². The van der Waals surface area contributed by atoms with E-state index in [2.05, 4.69) is 4.98 Å². The molecule has 130 valence electrons. The number of methoxy groups -OCH3 is 1. The highest BCUT2D eigenvalue weighted by Crippen LogP contribution is 2.29. The summed E-state index contributed by atoms with van der Waals surface area (Å²) in [5.74, 6) is 0.620. The van der Waals surface area contributed by atoms with Gasteiger partial charge in [0.25, 0.3) is 0 Å². The fourth-order valence-electron chi connectivity index (χ4n) is 2.89. The number of aromatic amines is 1. The van der Waals surface area contributed by atoms with Crippen LogP contribution in [0.4, 0.5) is 4.39 Å². The SMILES string of the molecule is CCCOc1ccc(F)c2c(=O)c(-c3ccc(OC)cc3)c(C)[nH]c12. The molecule has 3 aromatic rings. The summed E-state index contributed by atoms with van der Waals surface area (Å²) in [5, 5.41) is 0.0185.